The van der Waals surface area contributed by atoms with Gasteiger partial charge in [0.25, 0.3) is 5.91 Å². The number of nitrogens with one attached hydrogen (secondary N) is 1. The van der Waals surface area contributed by atoms with E-state index in [0.29, 0.717) is 11.6 Å². The van der Waals surface area contributed by atoms with Crippen molar-refractivity contribution in [2.24, 2.45) is 0 Å². The van der Waals surface area contributed by atoms with Gasteiger partial charge < -0.3 is 10.2 Å². The normalized spacial score (nSPS) is 18.1. The second-order valence-corrected chi connectivity index (χ2v) is 7.29. The predicted molar refractivity (Wildman–Crippen MR) is 103 cm³/mol. The number of carbonyl (C=O) groups is 1. The Kier molecular flexibility index (Phi) is 5.14. The Morgan fingerprint density at radius 2 is 1.85 bits per heavy atom. The van der Waals surface area contributed by atoms with Crippen LogP contribution in [-0.2, 0) is 6.42 Å². The number of rotatable bonds is 3. The highest BCUT2D eigenvalue weighted by Crippen LogP contribution is 2.31. The van der Waals surface area contributed by atoms with E-state index < -0.39 is 0 Å². The Balaban J connectivity index is 1.53. The Hall–Kier alpha value is -2.43. The molecule has 0 saturated heterocycles. The topological polar surface area (TPSA) is 58.1 Å². The first kappa shape index (κ1) is 17.0. The fraction of sp³-hybridized carbons (Fsp3) is 0.476. The van der Waals surface area contributed by atoms with Crippen LogP contribution in [0.3, 0.4) is 0 Å². The van der Waals surface area contributed by atoms with Gasteiger partial charge in [-0.05, 0) is 43.4 Å². The van der Waals surface area contributed by atoms with Crippen molar-refractivity contribution in [3.63, 3.8) is 0 Å². The van der Waals surface area contributed by atoms with Crippen molar-refractivity contribution < 1.29 is 4.79 Å². The molecule has 2 aliphatic rings. The number of aryl methyl sites for hydroxylation is 1. The molecule has 1 fully saturated rings. The van der Waals surface area contributed by atoms with Crippen molar-refractivity contribution in [2.45, 2.75) is 57.4 Å². The van der Waals surface area contributed by atoms with Gasteiger partial charge in [0, 0.05) is 24.5 Å². The first-order chi connectivity index (χ1) is 12.8. The summed E-state index contributed by atoms with van der Waals surface area (Å²) in [6.45, 7) is 0.880. The van der Waals surface area contributed by atoms with Gasteiger partial charge in [0.2, 0.25) is 5.95 Å². The molecular formula is C21H26N4O. The Morgan fingerprint density at radius 3 is 2.69 bits per heavy atom. The number of hydrogen-bond donors (Lipinski definition) is 1. The van der Waals surface area contributed by atoms with Crippen LogP contribution in [0.2, 0.25) is 0 Å². The summed E-state index contributed by atoms with van der Waals surface area (Å²) in [7, 11) is 0. The highest BCUT2D eigenvalue weighted by atomic mass is 16.1. The third-order valence-electron chi connectivity index (χ3n) is 5.42. The number of aromatic nitrogens is 2. The van der Waals surface area contributed by atoms with Gasteiger partial charge in [0.15, 0.2) is 0 Å². The number of amides is 1. The predicted octanol–water partition coefficient (Wildman–Crippen LogP) is 4.01. The zero-order valence-electron chi connectivity index (χ0n) is 15.2. The quantitative estimate of drug-likeness (QED) is 0.850. The fourth-order valence-corrected chi connectivity index (χ4v) is 4.03. The van der Waals surface area contributed by atoms with Gasteiger partial charge in [0.1, 0.15) is 5.69 Å². The molecule has 1 N–H and O–H groups in total. The van der Waals surface area contributed by atoms with Crippen molar-refractivity contribution in [3.05, 3.63) is 47.8 Å². The van der Waals surface area contributed by atoms with Gasteiger partial charge in [-0.15, -0.1) is 0 Å². The van der Waals surface area contributed by atoms with Crippen LogP contribution in [0.25, 0.3) is 0 Å². The van der Waals surface area contributed by atoms with E-state index in [1.807, 2.05) is 6.07 Å². The summed E-state index contributed by atoms with van der Waals surface area (Å²) in [4.78, 5) is 23.8. The smallest absolute Gasteiger partial charge is 0.270 e. The van der Waals surface area contributed by atoms with Crippen molar-refractivity contribution in [1.29, 1.82) is 0 Å². The summed E-state index contributed by atoms with van der Waals surface area (Å²) in [6, 6.07) is 10.4. The number of para-hydroxylation sites is 1. The minimum atomic E-state index is -0.0779. The van der Waals surface area contributed by atoms with E-state index in [4.69, 9.17) is 0 Å². The minimum absolute atomic E-state index is 0.0779. The molecule has 2 heterocycles. The summed E-state index contributed by atoms with van der Waals surface area (Å²) in [5.74, 6) is 0.538. The second kappa shape index (κ2) is 7.85. The highest BCUT2D eigenvalue weighted by Gasteiger charge is 2.22. The lowest BCUT2D eigenvalue weighted by atomic mass is 10.0. The number of anilines is 2. The molecule has 0 unspecified atom stereocenters. The molecule has 1 aliphatic carbocycles. The maximum Gasteiger partial charge on any atom is 0.270 e. The molecule has 0 bridgehead atoms. The van der Waals surface area contributed by atoms with Crippen LogP contribution < -0.4 is 10.2 Å². The monoisotopic (exact) mass is 350 g/mol. The first-order valence-electron chi connectivity index (χ1n) is 9.80. The molecule has 0 radical (unpaired) electrons. The van der Waals surface area contributed by atoms with Crippen LogP contribution in [0, 0.1) is 0 Å². The number of benzene rings is 1. The zero-order chi connectivity index (χ0) is 17.8. The van der Waals surface area contributed by atoms with Gasteiger partial charge >= 0.3 is 0 Å². The van der Waals surface area contributed by atoms with E-state index >= 15 is 0 Å². The standard InChI is InChI=1S/C21H26N4O/c26-20(23-17-10-3-1-2-4-11-17)18-13-14-22-21(24-18)25-15-7-9-16-8-5-6-12-19(16)25/h5-6,8,12-14,17H,1-4,7,9-11,15H2,(H,23,26). The lowest BCUT2D eigenvalue weighted by Gasteiger charge is -2.29. The lowest BCUT2D eigenvalue weighted by molar-refractivity contribution is 0.0928. The molecule has 1 saturated carbocycles. The van der Waals surface area contributed by atoms with E-state index in [9.17, 15) is 4.79 Å². The van der Waals surface area contributed by atoms with Crippen LogP contribution >= 0.6 is 0 Å². The van der Waals surface area contributed by atoms with Crippen molar-refractivity contribution in [2.75, 3.05) is 11.4 Å². The molecule has 0 spiro atoms. The Labute approximate surface area is 154 Å². The molecular weight excluding hydrogens is 324 g/mol. The molecule has 4 rings (SSSR count). The SMILES string of the molecule is O=C(NC1CCCCCC1)c1ccnc(N2CCCc3ccccc32)n1. The van der Waals surface area contributed by atoms with Gasteiger partial charge in [-0.3, -0.25) is 4.79 Å². The third-order valence-corrected chi connectivity index (χ3v) is 5.42. The molecule has 5 heteroatoms. The van der Waals surface area contributed by atoms with E-state index in [2.05, 4.69) is 38.4 Å². The molecule has 26 heavy (non-hydrogen) atoms. The van der Waals surface area contributed by atoms with E-state index in [1.165, 1.54) is 31.2 Å². The zero-order valence-corrected chi connectivity index (χ0v) is 15.2. The summed E-state index contributed by atoms with van der Waals surface area (Å²) < 4.78 is 0. The third kappa shape index (κ3) is 3.71. The summed E-state index contributed by atoms with van der Waals surface area (Å²) in [5.41, 5.74) is 2.93. The van der Waals surface area contributed by atoms with Gasteiger partial charge in [-0.25, -0.2) is 9.97 Å². The molecule has 0 atom stereocenters. The van der Waals surface area contributed by atoms with Crippen molar-refractivity contribution in [3.8, 4) is 0 Å². The highest BCUT2D eigenvalue weighted by molar-refractivity contribution is 5.92. The van der Waals surface area contributed by atoms with Crippen LogP contribution in [0.4, 0.5) is 11.6 Å². The summed E-state index contributed by atoms with van der Waals surface area (Å²) in [6.07, 6.45) is 10.9. The first-order valence-corrected chi connectivity index (χ1v) is 9.80. The van der Waals surface area contributed by atoms with Crippen LogP contribution in [0.15, 0.2) is 36.5 Å². The molecule has 1 aromatic carbocycles. The average Bonchev–Trinajstić information content (AvgIpc) is 2.96. The fourth-order valence-electron chi connectivity index (χ4n) is 4.03. The lowest BCUT2D eigenvalue weighted by Crippen LogP contribution is -2.35. The second-order valence-electron chi connectivity index (χ2n) is 7.29. The van der Waals surface area contributed by atoms with Crippen LogP contribution in [0.5, 0.6) is 0 Å². The number of fused-ring (bicyclic) bond motifs is 1. The van der Waals surface area contributed by atoms with Gasteiger partial charge in [0.05, 0.1) is 0 Å². The van der Waals surface area contributed by atoms with E-state index in [-0.39, 0.29) is 11.9 Å². The van der Waals surface area contributed by atoms with Gasteiger partial charge in [-0.1, -0.05) is 43.9 Å². The summed E-state index contributed by atoms with van der Waals surface area (Å²) in [5, 5.41) is 3.18. The molecule has 1 aliphatic heterocycles. The van der Waals surface area contributed by atoms with Gasteiger partial charge in [-0.2, -0.15) is 0 Å². The Bertz CT molecular complexity index is 768. The van der Waals surface area contributed by atoms with Crippen LogP contribution in [-0.4, -0.2) is 28.5 Å². The van der Waals surface area contributed by atoms with E-state index in [1.54, 1.807) is 12.3 Å². The maximum atomic E-state index is 12.7. The summed E-state index contributed by atoms with van der Waals surface area (Å²) >= 11 is 0. The molecule has 5 nitrogen and oxygen atoms in total. The number of carbonyl (C=O) groups excluding carboxylic acids is 1. The average molecular weight is 350 g/mol. The van der Waals surface area contributed by atoms with Crippen LogP contribution in [0.1, 0.15) is 61.0 Å². The Morgan fingerprint density at radius 1 is 1.04 bits per heavy atom. The molecule has 2 aromatic rings. The number of nitrogens with zero attached hydrogens (tertiary/aromatic N) is 3. The molecule has 1 aromatic heterocycles. The maximum absolute atomic E-state index is 12.7. The van der Waals surface area contributed by atoms with Crippen molar-refractivity contribution >= 4 is 17.5 Å². The molecule has 136 valence electrons. The minimum Gasteiger partial charge on any atom is -0.348 e. The van der Waals surface area contributed by atoms with E-state index in [0.717, 1.165) is 37.9 Å². The number of hydrogen-bond acceptors (Lipinski definition) is 4. The largest absolute Gasteiger partial charge is 0.348 e. The van der Waals surface area contributed by atoms with Crippen molar-refractivity contribution in [1.82, 2.24) is 15.3 Å². The molecule has 1 amide bonds.